The first kappa shape index (κ1) is 12.2. The van der Waals surface area contributed by atoms with E-state index in [1.165, 1.54) is 11.9 Å². The molecule has 0 aromatic carbocycles. The zero-order valence-corrected chi connectivity index (χ0v) is 6.89. The van der Waals surface area contributed by atoms with Gasteiger partial charge >= 0.3 is 6.09 Å². The fourth-order valence-corrected chi connectivity index (χ4v) is 0.347. The molecule has 0 aliphatic carbocycles. The maximum atomic E-state index is 10.2. The molecule has 0 saturated heterocycles. The maximum Gasteiger partial charge on any atom is 0.407 e. The first-order valence-electron chi connectivity index (χ1n) is 2.75. The van der Waals surface area contributed by atoms with Crippen LogP contribution in [0.5, 0.6) is 0 Å². The van der Waals surface area contributed by atoms with Gasteiger partial charge in [-0.25, -0.2) is 4.79 Å². The van der Waals surface area contributed by atoms with Crippen molar-refractivity contribution in [2.24, 2.45) is 5.73 Å². The molecule has 0 saturated carbocycles. The molecule has 0 radical (unpaired) electrons. The lowest BCUT2D eigenvalue weighted by atomic mass is 10.3. The second-order valence-corrected chi connectivity index (χ2v) is 1.98. The van der Waals surface area contributed by atoms with Gasteiger partial charge < -0.3 is 15.7 Å². The van der Waals surface area contributed by atoms with E-state index < -0.39 is 6.09 Å². The van der Waals surface area contributed by atoms with Crippen LogP contribution in [0.25, 0.3) is 0 Å². The van der Waals surface area contributed by atoms with Crippen molar-refractivity contribution >= 4 is 18.5 Å². The summed E-state index contributed by atoms with van der Waals surface area (Å²) in [4.78, 5) is 11.4. The number of hydrogen-bond donors (Lipinski definition) is 2. The normalized spacial score (nSPS) is 11.5. The van der Waals surface area contributed by atoms with Crippen LogP contribution >= 0.6 is 12.4 Å². The Morgan fingerprint density at radius 3 is 2.30 bits per heavy atom. The molecule has 0 spiro atoms. The van der Waals surface area contributed by atoms with Crippen LogP contribution < -0.4 is 5.73 Å². The molecule has 0 rings (SSSR count). The highest BCUT2D eigenvalue weighted by Gasteiger charge is 2.10. The third-order valence-electron chi connectivity index (χ3n) is 1.30. The second kappa shape index (κ2) is 5.32. The molecule has 1 amide bonds. The van der Waals surface area contributed by atoms with Gasteiger partial charge in [-0.3, -0.25) is 0 Å². The van der Waals surface area contributed by atoms with E-state index in [1.54, 1.807) is 6.92 Å². The smallest absolute Gasteiger partial charge is 0.407 e. The van der Waals surface area contributed by atoms with E-state index in [4.69, 9.17) is 10.8 Å². The maximum absolute atomic E-state index is 10.2. The number of nitrogens with two attached hydrogens (primary N) is 1. The lowest BCUT2D eigenvalue weighted by Gasteiger charge is -2.19. The summed E-state index contributed by atoms with van der Waals surface area (Å²) in [6, 6.07) is -0.0949. The molecule has 5 heteroatoms. The molecular formula is C5H13ClN2O2. The molecule has 0 aromatic rings. The van der Waals surface area contributed by atoms with Crippen molar-refractivity contribution in [2.45, 2.75) is 13.0 Å². The Labute approximate surface area is 66.4 Å². The largest absolute Gasteiger partial charge is 0.465 e. The lowest BCUT2D eigenvalue weighted by Crippen LogP contribution is -2.38. The van der Waals surface area contributed by atoms with E-state index in [0.29, 0.717) is 6.54 Å². The molecule has 3 N–H and O–H groups in total. The SMILES string of the molecule is C[C@@H](CN)N(C)C(=O)O.Cl. The fraction of sp³-hybridized carbons (Fsp3) is 0.800. The van der Waals surface area contributed by atoms with E-state index in [9.17, 15) is 4.79 Å². The van der Waals surface area contributed by atoms with Gasteiger partial charge in [0.25, 0.3) is 0 Å². The van der Waals surface area contributed by atoms with Gasteiger partial charge in [-0.05, 0) is 6.92 Å². The standard InChI is InChI=1S/C5H12N2O2.ClH/c1-4(3-6)7(2)5(8)9;/h4H,3,6H2,1-2H3,(H,8,9);1H/t4-;/m0./s1. The van der Waals surface area contributed by atoms with Gasteiger partial charge in [0.1, 0.15) is 0 Å². The molecule has 0 aromatic heterocycles. The molecule has 10 heavy (non-hydrogen) atoms. The van der Waals surface area contributed by atoms with Crippen LogP contribution in [0.3, 0.4) is 0 Å². The van der Waals surface area contributed by atoms with Gasteiger partial charge in [-0.15, -0.1) is 12.4 Å². The van der Waals surface area contributed by atoms with Gasteiger partial charge in [-0.1, -0.05) is 0 Å². The summed E-state index contributed by atoms with van der Waals surface area (Å²) in [5, 5.41) is 8.35. The van der Waals surface area contributed by atoms with Crippen molar-refractivity contribution in [1.29, 1.82) is 0 Å². The molecule has 1 atom stereocenters. The minimum Gasteiger partial charge on any atom is -0.465 e. The Morgan fingerprint density at radius 1 is 1.80 bits per heavy atom. The summed E-state index contributed by atoms with van der Waals surface area (Å²) in [6.07, 6.45) is -0.937. The van der Waals surface area contributed by atoms with Crippen molar-refractivity contribution in [1.82, 2.24) is 4.90 Å². The van der Waals surface area contributed by atoms with E-state index >= 15 is 0 Å². The van der Waals surface area contributed by atoms with E-state index in [1.807, 2.05) is 0 Å². The van der Waals surface area contributed by atoms with Crippen LogP contribution in [-0.4, -0.2) is 35.7 Å². The lowest BCUT2D eigenvalue weighted by molar-refractivity contribution is 0.143. The molecular weight excluding hydrogens is 156 g/mol. The van der Waals surface area contributed by atoms with Crippen molar-refractivity contribution in [2.75, 3.05) is 13.6 Å². The summed E-state index contributed by atoms with van der Waals surface area (Å²) in [6.45, 7) is 2.12. The van der Waals surface area contributed by atoms with Gasteiger partial charge in [-0.2, -0.15) is 0 Å². The van der Waals surface area contributed by atoms with E-state index in [0.717, 1.165) is 0 Å². The highest BCUT2D eigenvalue weighted by molar-refractivity contribution is 5.85. The third-order valence-corrected chi connectivity index (χ3v) is 1.30. The molecule has 0 heterocycles. The van der Waals surface area contributed by atoms with E-state index in [-0.39, 0.29) is 18.4 Å². The number of carbonyl (C=O) groups is 1. The van der Waals surface area contributed by atoms with Crippen molar-refractivity contribution < 1.29 is 9.90 Å². The summed E-state index contributed by atoms with van der Waals surface area (Å²) >= 11 is 0. The first-order valence-corrected chi connectivity index (χ1v) is 2.75. The molecule has 62 valence electrons. The number of hydrogen-bond acceptors (Lipinski definition) is 2. The minimum atomic E-state index is -0.937. The summed E-state index contributed by atoms with van der Waals surface area (Å²) < 4.78 is 0. The van der Waals surface area contributed by atoms with Crippen molar-refractivity contribution in [3.63, 3.8) is 0 Å². The molecule has 4 nitrogen and oxygen atoms in total. The minimum absolute atomic E-state index is 0. The number of likely N-dealkylation sites (N-methyl/N-ethyl adjacent to an activating group) is 1. The van der Waals surface area contributed by atoms with Crippen LogP contribution in [0.4, 0.5) is 4.79 Å². The molecule has 0 unspecified atom stereocenters. The predicted molar refractivity (Wildman–Crippen MR) is 41.6 cm³/mol. The van der Waals surface area contributed by atoms with E-state index in [2.05, 4.69) is 0 Å². The zero-order chi connectivity index (χ0) is 7.44. The van der Waals surface area contributed by atoms with Gasteiger partial charge in [0.05, 0.1) is 0 Å². The van der Waals surface area contributed by atoms with Crippen LogP contribution in [0.15, 0.2) is 0 Å². The predicted octanol–water partition coefficient (Wildman–Crippen LogP) is 0.365. The summed E-state index contributed by atoms with van der Waals surface area (Å²) in [7, 11) is 1.50. The number of halogens is 1. The van der Waals surface area contributed by atoms with Crippen LogP contribution in [0.1, 0.15) is 6.92 Å². The van der Waals surface area contributed by atoms with Gasteiger partial charge in [0, 0.05) is 19.6 Å². The van der Waals surface area contributed by atoms with Crippen LogP contribution in [-0.2, 0) is 0 Å². The van der Waals surface area contributed by atoms with Crippen molar-refractivity contribution in [3.05, 3.63) is 0 Å². The number of nitrogens with zero attached hydrogens (tertiary/aromatic N) is 1. The monoisotopic (exact) mass is 168 g/mol. The highest BCUT2D eigenvalue weighted by Crippen LogP contribution is 1.91. The average molecular weight is 169 g/mol. The molecule has 0 aliphatic heterocycles. The first-order chi connectivity index (χ1) is 4.09. The second-order valence-electron chi connectivity index (χ2n) is 1.98. The Bertz CT molecular complexity index is 110. The Morgan fingerprint density at radius 2 is 2.20 bits per heavy atom. The highest BCUT2D eigenvalue weighted by atomic mass is 35.5. The molecule has 0 fully saturated rings. The molecule has 0 aliphatic rings. The Balaban J connectivity index is 0. The van der Waals surface area contributed by atoms with Crippen molar-refractivity contribution in [3.8, 4) is 0 Å². The average Bonchev–Trinajstić information content (AvgIpc) is 1.84. The summed E-state index contributed by atoms with van der Waals surface area (Å²) in [5.41, 5.74) is 5.21. The van der Waals surface area contributed by atoms with Gasteiger partial charge in [0.2, 0.25) is 0 Å². The van der Waals surface area contributed by atoms with Crippen LogP contribution in [0, 0.1) is 0 Å². The molecule has 0 bridgehead atoms. The Kier molecular flexibility index (Phi) is 6.50. The number of amides is 1. The number of carboxylic acid groups (broad SMARTS) is 1. The van der Waals surface area contributed by atoms with Crippen LogP contribution in [0.2, 0.25) is 0 Å². The quantitative estimate of drug-likeness (QED) is 0.626. The summed E-state index contributed by atoms with van der Waals surface area (Å²) in [5.74, 6) is 0. The zero-order valence-electron chi connectivity index (χ0n) is 6.07. The Hall–Kier alpha value is -0.480. The van der Waals surface area contributed by atoms with Gasteiger partial charge in [0.15, 0.2) is 0 Å². The topological polar surface area (TPSA) is 66.6 Å². The fourth-order valence-electron chi connectivity index (χ4n) is 0.347. The third kappa shape index (κ3) is 3.53. The number of rotatable bonds is 2.